The molecule has 0 aromatic carbocycles. The Labute approximate surface area is 208 Å². The van der Waals surface area contributed by atoms with Crippen molar-refractivity contribution in [1.82, 2.24) is 16.2 Å². The van der Waals surface area contributed by atoms with Crippen molar-refractivity contribution in [3.63, 3.8) is 0 Å². The predicted molar refractivity (Wildman–Crippen MR) is 131 cm³/mol. The molecular weight excluding hydrogens is 457 g/mol. The first-order valence-corrected chi connectivity index (χ1v) is 12.6. The number of allylic oxidation sites excluding steroid dienone is 1. The largest absolute Gasteiger partial charge is 0.443 e. The molecule has 1 spiro atoms. The third-order valence-corrected chi connectivity index (χ3v) is 6.78. The maximum atomic E-state index is 12.5. The summed E-state index contributed by atoms with van der Waals surface area (Å²) in [5.74, 6) is -0.434. The number of amides is 2. The first-order valence-electron chi connectivity index (χ1n) is 12.6. The average Bonchev–Trinajstić information content (AvgIpc) is 3.55. The quantitative estimate of drug-likeness (QED) is 0.137. The highest BCUT2D eigenvalue weighted by molar-refractivity contribution is 5.77. The van der Waals surface area contributed by atoms with E-state index in [-0.39, 0.29) is 36.2 Å². The van der Waals surface area contributed by atoms with Crippen molar-refractivity contribution in [2.75, 3.05) is 40.0 Å². The number of nitrogens with one attached hydrogen (secondary N) is 3. The Kier molecular flexibility index (Phi) is 11.9. The van der Waals surface area contributed by atoms with Crippen LogP contribution in [-0.2, 0) is 23.7 Å². The first kappa shape index (κ1) is 29.5. The summed E-state index contributed by atoms with van der Waals surface area (Å²) in [7, 11) is 1.65. The van der Waals surface area contributed by atoms with Crippen molar-refractivity contribution in [2.45, 2.75) is 89.6 Å². The van der Waals surface area contributed by atoms with Gasteiger partial charge in [-0.25, -0.2) is 4.79 Å². The van der Waals surface area contributed by atoms with Crippen LogP contribution in [-0.4, -0.2) is 75.4 Å². The minimum absolute atomic E-state index is 0.0710. The lowest BCUT2D eigenvalue weighted by molar-refractivity contribution is -0.172. The van der Waals surface area contributed by atoms with Crippen molar-refractivity contribution in [3.05, 3.63) is 11.6 Å². The summed E-state index contributed by atoms with van der Waals surface area (Å²) in [6.45, 7) is 10.1. The van der Waals surface area contributed by atoms with Crippen LogP contribution in [0.25, 0.3) is 0 Å². The standard InChI is InChI=1S/C25H44FN3O6/c1-18(2)11-15-33-24(3,4)22-21(32-5)19(10-12-25(22)17-34-25)35-23(31)28-14-9-7-6-8-13-27-20(30)16-29-26/h11,19,21-22,29H,6-10,12-17H2,1-5H3,(H,27,30)(H,28,31). The van der Waals surface area contributed by atoms with E-state index in [2.05, 4.69) is 30.6 Å². The highest BCUT2D eigenvalue weighted by atomic mass is 19.2. The number of halogens is 1. The van der Waals surface area contributed by atoms with Gasteiger partial charge in [-0.2, -0.15) is 0 Å². The summed E-state index contributed by atoms with van der Waals surface area (Å²) in [5, 5.41) is 5.45. The molecule has 10 heteroatoms. The molecule has 4 atom stereocenters. The number of epoxide rings is 1. The molecule has 1 aliphatic carbocycles. The van der Waals surface area contributed by atoms with E-state index in [1.807, 2.05) is 13.8 Å². The van der Waals surface area contributed by atoms with Crippen molar-refractivity contribution < 1.29 is 33.0 Å². The van der Waals surface area contributed by atoms with Crippen LogP contribution < -0.4 is 16.2 Å². The molecule has 2 aliphatic rings. The smallest absolute Gasteiger partial charge is 0.407 e. The molecule has 2 rings (SSSR count). The molecule has 4 unspecified atom stereocenters. The van der Waals surface area contributed by atoms with Gasteiger partial charge in [0.2, 0.25) is 5.91 Å². The second-order valence-corrected chi connectivity index (χ2v) is 10.2. The fourth-order valence-corrected chi connectivity index (χ4v) is 4.92. The van der Waals surface area contributed by atoms with Gasteiger partial charge < -0.3 is 29.6 Å². The Balaban J connectivity index is 1.76. The van der Waals surface area contributed by atoms with Gasteiger partial charge in [0.15, 0.2) is 0 Å². The van der Waals surface area contributed by atoms with Crippen LogP contribution in [0.1, 0.15) is 66.2 Å². The Hall–Kier alpha value is -1.75. The van der Waals surface area contributed by atoms with Gasteiger partial charge >= 0.3 is 6.09 Å². The number of alkyl carbamates (subject to hydrolysis) is 1. The van der Waals surface area contributed by atoms with Crippen LogP contribution in [0.5, 0.6) is 0 Å². The maximum absolute atomic E-state index is 12.5. The first-order chi connectivity index (χ1) is 16.6. The number of carbonyl (C=O) groups is 2. The third-order valence-electron chi connectivity index (χ3n) is 6.78. The molecule has 1 aliphatic heterocycles. The van der Waals surface area contributed by atoms with E-state index in [0.29, 0.717) is 32.7 Å². The van der Waals surface area contributed by atoms with E-state index in [4.69, 9.17) is 18.9 Å². The molecule has 2 fully saturated rings. The molecule has 3 N–H and O–H groups in total. The normalized spacial score (nSPS) is 25.7. The van der Waals surface area contributed by atoms with Crippen molar-refractivity contribution >= 4 is 12.0 Å². The number of ether oxygens (including phenoxy) is 4. The Bertz CT molecular complexity index is 709. The fraction of sp³-hybridized carbons (Fsp3) is 0.840. The molecule has 0 aromatic heterocycles. The number of unbranched alkanes of at least 4 members (excludes halogenated alkanes) is 3. The second-order valence-electron chi connectivity index (χ2n) is 10.2. The summed E-state index contributed by atoms with van der Waals surface area (Å²) < 4.78 is 35.7. The van der Waals surface area contributed by atoms with Crippen LogP contribution >= 0.6 is 0 Å². The van der Waals surface area contributed by atoms with E-state index in [1.165, 1.54) is 11.1 Å². The van der Waals surface area contributed by atoms with Crippen LogP contribution in [0.15, 0.2) is 11.6 Å². The van der Waals surface area contributed by atoms with E-state index in [0.717, 1.165) is 32.1 Å². The monoisotopic (exact) mass is 501 g/mol. The molecule has 1 saturated heterocycles. The zero-order chi connectivity index (χ0) is 25.9. The van der Waals surface area contributed by atoms with Gasteiger partial charge in [0.05, 0.1) is 24.4 Å². The van der Waals surface area contributed by atoms with Crippen molar-refractivity contribution in [3.8, 4) is 0 Å². The zero-order valence-electron chi connectivity index (χ0n) is 21.9. The van der Waals surface area contributed by atoms with E-state index < -0.39 is 11.7 Å². The molecular formula is C25H44FN3O6. The molecule has 9 nitrogen and oxygen atoms in total. The van der Waals surface area contributed by atoms with Gasteiger partial charge in [0, 0.05) is 26.1 Å². The molecule has 1 saturated carbocycles. The van der Waals surface area contributed by atoms with Gasteiger partial charge in [0.1, 0.15) is 18.8 Å². The Morgan fingerprint density at radius 1 is 1.14 bits per heavy atom. The summed E-state index contributed by atoms with van der Waals surface area (Å²) in [4.78, 5) is 23.6. The molecule has 0 aromatic rings. The topological polar surface area (TPSA) is 110 Å². The maximum Gasteiger partial charge on any atom is 0.407 e. The number of hydrogen-bond acceptors (Lipinski definition) is 7. The minimum atomic E-state index is -0.524. The van der Waals surface area contributed by atoms with Crippen LogP contribution in [0.2, 0.25) is 0 Å². The molecule has 35 heavy (non-hydrogen) atoms. The number of hydrogen-bond donors (Lipinski definition) is 3. The Morgan fingerprint density at radius 2 is 1.80 bits per heavy atom. The van der Waals surface area contributed by atoms with E-state index in [9.17, 15) is 14.1 Å². The van der Waals surface area contributed by atoms with Gasteiger partial charge in [-0.1, -0.05) is 24.5 Å². The lowest BCUT2D eigenvalue weighted by Crippen LogP contribution is -2.59. The highest BCUT2D eigenvalue weighted by Crippen LogP contribution is 2.52. The third kappa shape index (κ3) is 9.33. The summed E-state index contributed by atoms with van der Waals surface area (Å²) >= 11 is 0. The van der Waals surface area contributed by atoms with Gasteiger partial charge in [-0.15, -0.1) is 10.0 Å². The van der Waals surface area contributed by atoms with Crippen LogP contribution in [0.3, 0.4) is 0 Å². The highest BCUT2D eigenvalue weighted by Gasteiger charge is 2.64. The second kappa shape index (κ2) is 14.1. The van der Waals surface area contributed by atoms with E-state index in [1.54, 1.807) is 7.11 Å². The number of methoxy groups -OCH3 is 1. The molecule has 202 valence electrons. The number of carbonyl (C=O) groups excluding carboxylic acids is 2. The van der Waals surface area contributed by atoms with E-state index >= 15 is 0 Å². The van der Waals surface area contributed by atoms with Crippen LogP contribution in [0, 0.1) is 5.92 Å². The van der Waals surface area contributed by atoms with Crippen LogP contribution in [0.4, 0.5) is 9.28 Å². The number of rotatable bonds is 15. The molecule has 0 radical (unpaired) electrons. The van der Waals surface area contributed by atoms with Gasteiger partial charge in [-0.3, -0.25) is 4.79 Å². The summed E-state index contributed by atoms with van der Waals surface area (Å²) in [5.41, 5.74) is 1.71. The predicted octanol–water partition coefficient (Wildman–Crippen LogP) is 3.19. The van der Waals surface area contributed by atoms with Crippen molar-refractivity contribution in [1.29, 1.82) is 0 Å². The summed E-state index contributed by atoms with van der Waals surface area (Å²) in [6, 6.07) is 0. The molecule has 1 heterocycles. The lowest BCUT2D eigenvalue weighted by atomic mass is 9.68. The van der Waals surface area contributed by atoms with Gasteiger partial charge in [0.25, 0.3) is 0 Å². The summed E-state index contributed by atoms with van der Waals surface area (Å²) in [6.07, 6.45) is 5.77. The molecule has 0 bridgehead atoms. The fourth-order valence-electron chi connectivity index (χ4n) is 4.92. The SMILES string of the molecule is COC1C(OC(=O)NCCCCCCNC(=O)CNF)CCC2(CO2)C1C(C)(C)OCC=C(C)C. The van der Waals surface area contributed by atoms with Crippen molar-refractivity contribution in [2.24, 2.45) is 5.92 Å². The Morgan fingerprint density at radius 3 is 2.37 bits per heavy atom. The van der Waals surface area contributed by atoms with Gasteiger partial charge in [-0.05, 0) is 53.4 Å². The minimum Gasteiger partial charge on any atom is -0.443 e. The lowest BCUT2D eigenvalue weighted by Gasteiger charge is -2.47. The zero-order valence-corrected chi connectivity index (χ0v) is 21.9. The molecule has 2 amide bonds. The average molecular weight is 502 g/mol.